The quantitative estimate of drug-likeness (QED) is 0.553. The summed E-state index contributed by atoms with van der Waals surface area (Å²) in [5.74, 6) is -0.0534. The Morgan fingerprint density at radius 2 is 2.06 bits per heavy atom. The zero-order chi connectivity index (χ0) is 12.4. The Kier molecular flexibility index (Phi) is 4.56. The molecule has 0 aromatic rings. The molecular weight excluding hydrogens is 281 g/mol. The number of nitrogens with zero attached hydrogens (tertiary/aromatic N) is 1. The van der Waals surface area contributed by atoms with E-state index in [1.165, 1.54) is 0 Å². The number of rotatable bonds is 4. The fraction of sp³-hybridized carbons (Fsp3) is 1.00. The molecule has 0 amide bonds. The van der Waals surface area contributed by atoms with Crippen LogP contribution in [0.15, 0.2) is 0 Å². The molecule has 1 fully saturated rings. The van der Waals surface area contributed by atoms with Crippen LogP contribution in [-0.4, -0.2) is 51.1 Å². The van der Waals surface area contributed by atoms with Crippen molar-refractivity contribution in [3.63, 3.8) is 0 Å². The normalized spacial score (nSPS) is 26.8. The third-order valence-electron chi connectivity index (χ3n) is 2.44. The van der Waals surface area contributed by atoms with Crippen LogP contribution < -0.4 is 0 Å². The standard InChI is InChI=1S/C7H13ClFNO4S2/c8-3-1-4-10-6-7(16(9,13)14)2-5-15(10,11)12/h7H,1-6H2/t7-/m0/s1. The first-order valence-corrected chi connectivity index (χ1v) is 8.33. The molecule has 0 radical (unpaired) electrons. The zero-order valence-corrected chi connectivity index (χ0v) is 10.9. The molecule has 1 atom stereocenters. The minimum atomic E-state index is -4.67. The maximum absolute atomic E-state index is 12.7. The second kappa shape index (κ2) is 5.16. The molecule has 0 aromatic carbocycles. The van der Waals surface area contributed by atoms with Crippen LogP contribution in [0.4, 0.5) is 3.89 Å². The van der Waals surface area contributed by atoms with E-state index >= 15 is 0 Å². The highest BCUT2D eigenvalue weighted by atomic mass is 35.5. The highest BCUT2D eigenvalue weighted by Crippen LogP contribution is 2.20. The first-order valence-electron chi connectivity index (χ1n) is 4.74. The number of alkyl halides is 1. The fourth-order valence-electron chi connectivity index (χ4n) is 1.54. The van der Waals surface area contributed by atoms with Crippen molar-refractivity contribution in [2.45, 2.75) is 18.1 Å². The molecule has 1 aliphatic rings. The Bertz CT molecular complexity index is 435. The van der Waals surface area contributed by atoms with Crippen LogP contribution in [0.25, 0.3) is 0 Å². The van der Waals surface area contributed by atoms with E-state index < -0.39 is 25.5 Å². The van der Waals surface area contributed by atoms with Crippen LogP contribution in [0.1, 0.15) is 12.8 Å². The van der Waals surface area contributed by atoms with Gasteiger partial charge in [0.1, 0.15) is 5.25 Å². The lowest BCUT2D eigenvalue weighted by molar-refractivity contribution is 0.377. The lowest BCUT2D eigenvalue weighted by Crippen LogP contribution is -2.47. The monoisotopic (exact) mass is 293 g/mol. The van der Waals surface area contributed by atoms with Crippen molar-refractivity contribution < 1.29 is 20.7 Å². The number of hydrogen-bond donors (Lipinski definition) is 0. The van der Waals surface area contributed by atoms with Gasteiger partial charge < -0.3 is 0 Å². The van der Waals surface area contributed by atoms with Crippen LogP contribution in [0.2, 0.25) is 0 Å². The van der Waals surface area contributed by atoms with Gasteiger partial charge in [0.05, 0.1) is 5.75 Å². The predicted molar refractivity (Wildman–Crippen MR) is 59.1 cm³/mol. The average Bonchev–Trinajstić information content (AvgIpc) is 2.13. The summed E-state index contributed by atoms with van der Waals surface area (Å²) in [6.07, 6.45) is 0.235. The molecule has 0 aromatic heterocycles. The second-order valence-electron chi connectivity index (χ2n) is 3.60. The summed E-state index contributed by atoms with van der Waals surface area (Å²) in [5, 5.41) is -1.24. The lowest BCUT2D eigenvalue weighted by atomic mass is 10.3. The minimum absolute atomic E-state index is 0.137. The SMILES string of the molecule is O=S(=O)(F)[C@H]1CCS(=O)(=O)N(CCCCl)C1. The molecular formula is C7H13ClFNO4S2. The second-order valence-corrected chi connectivity index (χ2v) is 7.69. The van der Waals surface area contributed by atoms with Gasteiger partial charge in [0.15, 0.2) is 0 Å². The fourth-order valence-corrected chi connectivity index (χ4v) is 4.31. The third-order valence-corrected chi connectivity index (χ3v) is 5.76. The summed E-state index contributed by atoms with van der Waals surface area (Å²) in [6.45, 7) is -0.171. The summed E-state index contributed by atoms with van der Waals surface area (Å²) in [7, 11) is -8.12. The van der Waals surface area contributed by atoms with Crippen LogP contribution >= 0.6 is 11.6 Å². The Balaban J connectivity index is 2.78. The maximum Gasteiger partial charge on any atom is 0.306 e. The molecule has 1 heterocycles. The number of hydrogen-bond acceptors (Lipinski definition) is 4. The van der Waals surface area contributed by atoms with Gasteiger partial charge in [-0.3, -0.25) is 0 Å². The molecule has 0 aliphatic carbocycles. The summed E-state index contributed by atoms with van der Waals surface area (Å²) < 4.78 is 58.2. The van der Waals surface area contributed by atoms with E-state index in [-0.39, 0.29) is 31.1 Å². The van der Waals surface area contributed by atoms with Crippen molar-refractivity contribution in [2.24, 2.45) is 0 Å². The van der Waals surface area contributed by atoms with Gasteiger partial charge in [-0.2, -0.15) is 8.42 Å². The summed E-state index contributed by atoms with van der Waals surface area (Å²) >= 11 is 5.43. The van der Waals surface area contributed by atoms with Crippen LogP contribution in [-0.2, 0) is 20.2 Å². The Hall–Kier alpha value is 0.0800. The topological polar surface area (TPSA) is 71.5 Å². The van der Waals surface area contributed by atoms with Crippen LogP contribution in [0.5, 0.6) is 0 Å². The highest BCUT2D eigenvalue weighted by molar-refractivity contribution is 7.90. The summed E-state index contributed by atoms with van der Waals surface area (Å²) in [5.41, 5.74) is 0. The van der Waals surface area contributed by atoms with Gasteiger partial charge in [-0.1, -0.05) is 0 Å². The van der Waals surface area contributed by atoms with Gasteiger partial charge >= 0.3 is 10.2 Å². The zero-order valence-electron chi connectivity index (χ0n) is 8.47. The average molecular weight is 294 g/mol. The largest absolute Gasteiger partial charge is 0.306 e. The van der Waals surface area contributed by atoms with Gasteiger partial charge in [0.25, 0.3) is 0 Å². The molecule has 9 heteroatoms. The van der Waals surface area contributed by atoms with Crippen molar-refractivity contribution in [2.75, 3.05) is 24.7 Å². The van der Waals surface area contributed by atoms with Crippen molar-refractivity contribution in [3.8, 4) is 0 Å². The van der Waals surface area contributed by atoms with E-state index in [4.69, 9.17) is 11.6 Å². The summed E-state index contributed by atoms with van der Waals surface area (Å²) in [4.78, 5) is 0. The number of sulfonamides is 1. The Morgan fingerprint density at radius 1 is 1.44 bits per heavy atom. The van der Waals surface area contributed by atoms with Crippen molar-refractivity contribution in [1.29, 1.82) is 0 Å². The molecule has 0 spiro atoms. The molecule has 0 saturated carbocycles. The molecule has 1 rings (SSSR count). The van der Waals surface area contributed by atoms with E-state index in [1.807, 2.05) is 0 Å². The number of halogens is 2. The van der Waals surface area contributed by atoms with E-state index in [0.717, 1.165) is 4.31 Å². The molecule has 5 nitrogen and oxygen atoms in total. The van der Waals surface area contributed by atoms with Crippen LogP contribution in [0, 0.1) is 0 Å². The van der Waals surface area contributed by atoms with Crippen molar-refractivity contribution in [1.82, 2.24) is 4.31 Å². The van der Waals surface area contributed by atoms with E-state index in [1.54, 1.807) is 0 Å². The Labute approximate surface area is 99.8 Å². The van der Waals surface area contributed by atoms with E-state index in [2.05, 4.69) is 0 Å². The first kappa shape index (κ1) is 14.1. The molecule has 1 aliphatic heterocycles. The van der Waals surface area contributed by atoms with Crippen LogP contribution in [0.3, 0.4) is 0 Å². The maximum atomic E-state index is 12.7. The molecule has 16 heavy (non-hydrogen) atoms. The van der Waals surface area contributed by atoms with E-state index in [0.29, 0.717) is 6.42 Å². The van der Waals surface area contributed by atoms with Gasteiger partial charge in [0, 0.05) is 19.0 Å². The van der Waals surface area contributed by atoms with Gasteiger partial charge in [0.2, 0.25) is 10.0 Å². The van der Waals surface area contributed by atoms with Crippen molar-refractivity contribution in [3.05, 3.63) is 0 Å². The van der Waals surface area contributed by atoms with Gasteiger partial charge in [-0.15, -0.1) is 15.5 Å². The Morgan fingerprint density at radius 3 is 2.56 bits per heavy atom. The van der Waals surface area contributed by atoms with Crippen molar-refractivity contribution >= 4 is 31.8 Å². The molecule has 96 valence electrons. The van der Waals surface area contributed by atoms with Gasteiger partial charge in [-0.25, -0.2) is 12.7 Å². The molecule has 1 saturated heterocycles. The molecule has 0 N–H and O–H groups in total. The molecule has 0 bridgehead atoms. The smallest absolute Gasteiger partial charge is 0.212 e. The predicted octanol–water partition coefficient (Wildman–Crippen LogP) is 0.319. The lowest BCUT2D eigenvalue weighted by Gasteiger charge is -2.29. The third kappa shape index (κ3) is 3.54. The highest BCUT2D eigenvalue weighted by Gasteiger charge is 2.37. The minimum Gasteiger partial charge on any atom is -0.212 e. The van der Waals surface area contributed by atoms with E-state index in [9.17, 15) is 20.7 Å². The first-order chi connectivity index (χ1) is 7.27. The summed E-state index contributed by atoms with van der Waals surface area (Å²) in [6, 6.07) is 0. The van der Waals surface area contributed by atoms with Gasteiger partial charge in [-0.05, 0) is 12.8 Å². The molecule has 0 unspecified atom stereocenters.